The normalized spacial score (nSPS) is 25.1. The Balaban J connectivity index is 2.44. The van der Waals surface area contributed by atoms with Gasteiger partial charge in [0.05, 0.1) is 6.26 Å². The van der Waals surface area contributed by atoms with Gasteiger partial charge in [0.1, 0.15) is 0 Å². The van der Waals surface area contributed by atoms with Crippen LogP contribution in [-0.4, -0.2) is 44.7 Å². The average molecular weight is 220 g/mol. The Morgan fingerprint density at radius 1 is 1.50 bits per heavy atom. The molecule has 0 saturated carbocycles. The van der Waals surface area contributed by atoms with E-state index in [9.17, 15) is 8.42 Å². The maximum absolute atomic E-state index is 11.3. The van der Waals surface area contributed by atoms with E-state index in [4.69, 9.17) is 0 Å². The summed E-state index contributed by atoms with van der Waals surface area (Å²) in [7, 11) is -2.99. The van der Waals surface area contributed by atoms with E-state index < -0.39 is 10.0 Å². The van der Waals surface area contributed by atoms with Crippen LogP contribution in [-0.2, 0) is 10.0 Å². The zero-order valence-electron chi connectivity index (χ0n) is 8.99. The maximum Gasteiger partial charge on any atom is 0.211 e. The van der Waals surface area contributed by atoms with Crippen LogP contribution in [0, 0.1) is 0 Å². The first-order chi connectivity index (χ1) is 6.54. The summed E-state index contributed by atoms with van der Waals surface area (Å²) in [6.07, 6.45) is 4.44. The van der Waals surface area contributed by atoms with Gasteiger partial charge >= 0.3 is 0 Å². The molecule has 0 aromatic rings. The first-order valence-electron chi connectivity index (χ1n) is 5.22. The third kappa shape index (κ3) is 3.55. The fraction of sp³-hybridized carbons (Fsp3) is 1.00. The van der Waals surface area contributed by atoms with Crippen molar-refractivity contribution in [3.8, 4) is 0 Å². The topological polar surface area (TPSA) is 49.4 Å². The van der Waals surface area contributed by atoms with Gasteiger partial charge in [-0.05, 0) is 25.8 Å². The lowest BCUT2D eigenvalue weighted by molar-refractivity contribution is 0.285. The molecule has 14 heavy (non-hydrogen) atoms. The number of nitrogens with zero attached hydrogens (tertiary/aromatic N) is 1. The molecule has 1 N–H and O–H groups in total. The molecule has 5 heteroatoms. The smallest absolute Gasteiger partial charge is 0.211 e. The summed E-state index contributed by atoms with van der Waals surface area (Å²) < 4.78 is 24.2. The van der Waals surface area contributed by atoms with Crippen LogP contribution < -0.4 is 5.32 Å². The minimum absolute atomic E-state index is 0.346. The molecule has 1 rings (SSSR count). The monoisotopic (exact) mass is 220 g/mol. The summed E-state index contributed by atoms with van der Waals surface area (Å²) >= 11 is 0. The van der Waals surface area contributed by atoms with Gasteiger partial charge in [-0.15, -0.1) is 0 Å². The molecular weight excluding hydrogens is 200 g/mol. The van der Waals surface area contributed by atoms with Crippen LogP contribution >= 0.6 is 0 Å². The van der Waals surface area contributed by atoms with Gasteiger partial charge in [0.15, 0.2) is 0 Å². The van der Waals surface area contributed by atoms with Gasteiger partial charge in [-0.1, -0.05) is 6.92 Å². The Morgan fingerprint density at radius 3 is 2.79 bits per heavy atom. The number of hydrogen-bond acceptors (Lipinski definition) is 3. The second-order valence-corrected chi connectivity index (χ2v) is 5.90. The average Bonchev–Trinajstić information content (AvgIpc) is 2.14. The second-order valence-electron chi connectivity index (χ2n) is 3.91. The molecule has 1 aliphatic heterocycles. The molecule has 1 fully saturated rings. The van der Waals surface area contributed by atoms with Crippen LogP contribution in [0.5, 0.6) is 0 Å². The molecule has 1 atom stereocenters. The van der Waals surface area contributed by atoms with Gasteiger partial charge in [-0.3, -0.25) is 0 Å². The lowest BCUT2D eigenvalue weighted by atomic mass is 10.1. The molecule has 0 amide bonds. The van der Waals surface area contributed by atoms with Crippen LogP contribution in [0.3, 0.4) is 0 Å². The molecule has 84 valence electrons. The molecule has 1 unspecified atom stereocenters. The first kappa shape index (κ1) is 11.9. The quantitative estimate of drug-likeness (QED) is 0.746. The summed E-state index contributed by atoms with van der Waals surface area (Å²) in [5.41, 5.74) is 0. The fourth-order valence-corrected chi connectivity index (χ4v) is 2.67. The minimum Gasteiger partial charge on any atom is -0.313 e. The van der Waals surface area contributed by atoms with Crippen molar-refractivity contribution in [1.82, 2.24) is 9.62 Å². The Bertz CT molecular complexity index is 264. The third-order valence-electron chi connectivity index (χ3n) is 2.54. The van der Waals surface area contributed by atoms with E-state index in [1.54, 1.807) is 4.31 Å². The van der Waals surface area contributed by atoms with Crippen molar-refractivity contribution in [2.75, 3.05) is 25.9 Å². The predicted molar refractivity (Wildman–Crippen MR) is 57.7 cm³/mol. The molecule has 0 radical (unpaired) electrons. The molecule has 1 saturated heterocycles. The van der Waals surface area contributed by atoms with Crippen LogP contribution in [0.15, 0.2) is 0 Å². The molecule has 1 heterocycles. The molecular formula is C9H20N2O2S. The Morgan fingerprint density at radius 2 is 2.21 bits per heavy atom. The van der Waals surface area contributed by atoms with Crippen molar-refractivity contribution in [3.05, 3.63) is 0 Å². The summed E-state index contributed by atoms with van der Waals surface area (Å²) in [5.74, 6) is 0. The molecule has 0 aromatic heterocycles. The van der Waals surface area contributed by atoms with Crippen molar-refractivity contribution in [2.24, 2.45) is 0 Å². The Labute approximate surface area is 86.7 Å². The summed E-state index contributed by atoms with van der Waals surface area (Å²) in [6.45, 7) is 4.41. The highest BCUT2D eigenvalue weighted by Crippen LogP contribution is 2.12. The Hall–Kier alpha value is -0.130. The van der Waals surface area contributed by atoms with Gasteiger partial charge < -0.3 is 5.32 Å². The summed E-state index contributed by atoms with van der Waals surface area (Å²) in [4.78, 5) is 0. The zero-order chi connectivity index (χ0) is 10.6. The molecule has 0 spiro atoms. The highest BCUT2D eigenvalue weighted by molar-refractivity contribution is 7.88. The number of piperidine rings is 1. The maximum atomic E-state index is 11.3. The second kappa shape index (κ2) is 5.09. The van der Waals surface area contributed by atoms with Crippen molar-refractivity contribution in [3.63, 3.8) is 0 Å². The standard InChI is InChI=1S/C9H20N2O2S/c1-3-6-10-9-5-4-7-11(8-9)14(2,12)13/h9-10H,3-8H2,1-2H3. The van der Waals surface area contributed by atoms with Crippen LogP contribution in [0.25, 0.3) is 0 Å². The van der Waals surface area contributed by atoms with E-state index in [2.05, 4.69) is 12.2 Å². The summed E-state index contributed by atoms with van der Waals surface area (Å²) in [5, 5.41) is 3.37. The highest BCUT2D eigenvalue weighted by atomic mass is 32.2. The van der Waals surface area contributed by atoms with Crippen molar-refractivity contribution >= 4 is 10.0 Å². The first-order valence-corrected chi connectivity index (χ1v) is 7.07. The molecule has 0 aromatic carbocycles. The van der Waals surface area contributed by atoms with Crippen molar-refractivity contribution in [1.29, 1.82) is 0 Å². The van der Waals surface area contributed by atoms with E-state index in [1.165, 1.54) is 6.26 Å². The zero-order valence-corrected chi connectivity index (χ0v) is 9.81. The molecule has 1 aliphatic rings. The van der Waals surface area contributed by atoms with Gasteiger partial charge in [-0.25, -0.2) is 12.7 Å². The minimum atomic E-state index is -2.99. The number of rotatable bonds is 4. The molecule has 0 aliphatic carbocycles. The number of hydrogen-bond donors (Lipinski definition) is 1. The van der Waals surface area contributed by atoms with Crippen molar-refractivity contribution < 1.29 is 8.42 Å². The van der Waals surface area contributed by atoms with Gasteiger partial charge in [0, 0.05) is 19.1 Å². The lowest BCUT2D eigenvalue weighted by Crippen LogP contribution is -2.47. The SMILES string of the molecule is CCCNC1CCCN(S(C)(=O)=O)C1. The van der Waals surface area contributed by atoms with E-state index in [1.807, 2.05) is 0 Å². The molecule has 0 bridgehead atoms. The fourth-order valence-electron chi connectivity index (χ4n) is 1.76. The Kier molecular flexibility index (Phi) is 4.34. The van der Waals surface area contributed by atoms with Gasteiger partial charge in [0.25, 0.3) is 0 Å². The largest absolute Gasteiger partial charge is 0.313 e. The number of nitrogens with one attached hydrogen (secondary N) is 1. The summed E-state index contributed by atoms with van der Waals surface area (Å²) in [6, 6.07) is 0.346. The molecule has 4 nitrogen and oxygen atoms in total. The van der Waals surface area contributed by atoms with Gasteiger partial charge in [-0.2, -0.15) is 0 Å². The lowest BCUT2D eigenvalue weighted by Gasteiger charge is -2.31. The highest BCUT2D eigenvalue weighted by Gasteiger charge is 2.24. The van der Waals surface area contributed by atoms with Crippen LogP contribution in [0.2, 0.25) is 0 Å². The van der Waals surface area contributed by atoms with E-state index >= 15 is 0 Å². The van der Waals surface area contributed by atoms with Crippen molar-refractivity contribution in [2.45, 2.75) is 32.2 Å². The van der Waals surface area contributed by atoms with E-state index in [0.29, 0.717) is 19.1 Å². The third-order valence-corrected chi connectivity index (χ3v) is 3.81. The van der Waals surface area contributed by atoms with Crippen LogP contribution in [0.1, 0.15) is 26.2 Å². The number of sulfonamides is 1. The van der Waals surface area contributed by atoms with E-state index in [0.717, 1.165) is 25.8 Å². The predicted octanol–water partition coefficient (Wildman–Crippen LogP) is 0.410. The van der Waals surface area contributed by atoms with Crippen LogP contribution in [0.4, 0.5) is 0 Å². The van der Waals surface area contributed by atoms with E-state index in [-0.39, 0.29) is 0 Å². The van der Waals surface area contributed by atoms with Gasteiger partial charge in [0.2, 0.25) is 10.0 Å².